The Bertz CT molecular complexity index is 600. The van der Waals surface area contributed by atoms with Crippen molar-refractivity contribution in [3.8, 4) is 5.88 Å². The summed E-state index contributed by atoms with van der Waals surface area (Å²) in [7, 11) is 0. The normalized spacial score (nSPS) is 10.6. The van der Waals surface area contributed by atoms with Gasteiger partial charge in [-0.2, -0.15) is 4.98 Å². The van der Waals surface area contributed by atoms with Gasteiger partial charge in [0, 0.05) is 44.0 Å². The fraction of sp³-hybridized carbons (Fsp3) is 0.500. The molecule has 0 saturated carbocycles. The molecule has 0 aliphatic carbocycles. The first kappa shape index (κ1) is 18.1. The Kier molecular flexibility index (Phi) is 7.42. The number of rotatable bonds is 10. The van der Waals surface area contributed by atoms with E-state index in [1.165, 1.54) is 0 Å². The molecular weight excluding hydrogens is 302 g/mol. The minimum Gasteiger partial charge on any atom is -0.477 e. The van der Waals surface area contributed by atoms with E-state index in [2.05, 4.69) is 33.7 Å². The van der Waals surface area contributed by atoms with Crippen LogP contribution in [0.4, 0.5) is 5.95 Å². The van der Waals surface area contributed by atoms with Crippen LogP contribution in [0.15, 0.2) is 30.5 Å². The largest absolute Gasteiger partial charge is 0.477 e. The summed E-state index contributed by atoms with van der Waals surface area (Å²) in [5, 5.41) is 0. The highest BCUT2D eigenvalue weighted by atomic mass is 16.5. The van der Waals surface area contributed by atoms with Crippen LogP contribution < -0.4 is 15.4 Å². The van der Waals surface area contributed by atoms with E-state index in [1.807, 2.05) is 24.3 Å². The molecule has 0 fully saturated rings. The summed E-state index contributed by atoms with van der Waals surface area (Å²) in [6.45, 7) is 7.06. The minimum absolute atomic E-state index is 0.373. The standard InChI is InChI=1S/C18H27N5O/c1-3-10-23(11-4-2)18-21-16(14-19)13-17(22-18)24-12-8-15-7-5-6-9-20-15/h5-7,9,13H,3-4,8,10-12,14,19H2,1-2H3. The molecule has 0 aliphatic heterocycles. The summed E-state index contributed by atoms with van der Waals surface area (Å²) in [5.74, 6) is 1.28. The summed E-state index contributed by atoms with van der Waals surface area (Å²) in [5.41, 5.74) is 7.58. The minimum atomic E-state index is 0.373. The van der Waals surface area contributed by atoms with Crippen molar-refractivity contribution in [2.24, 2.45) is 5.73 Å². The number of aromatic nitrogens is 3. The molecule has 130 valence electrons. The van der Waals surface area contributed by atoms with Crippen LogP contribution in [-0.2, 0) is 13.0 Å². The van der Waals surface area contributed by atoms with Crippen molar-refractivity contribution in [2.75, 3.05) is 24.6 Å². The van der Waals surface area contributed by atoms with Gasteiger partial charge in [0.25, 0.3) is 0 Å². The van der Waals surface area contributed by atoms with Gasteiger partial charge in [-0.15, -0.1) is 0 Å². The first-order chi connectivity index (χ1) is 11.8. The maximum absolute atomic E-state index is 5.83. The predicted molar refractivity (Wildman–Crippen MR) is 96.2 cm³/mol. The van der Waals surface area contributed by atoms with Crippen LogP contribution in [0.5, 0.6) is 5.88 Å². The van der Waals surface area contributed by atoms with Gasteiger partial charge in [0.15, 0.2) is 0 Å². The Morgan fingerprint density at radius 1 is 1.08 bits per heavy atom. The van der Waals surface area contributed by atoms with Gasteiger partial charge in [0.05, 0.1) is 12.3 Å². The van der Waals surface area contributed by atoms with Crippen LogP contribution in [0.25, 0.3) is 0 Å². The molecule has 0 saturated heterocycles. The van der Waals surface area contributed by atoms with Gasteiger partial charge in [0.2, 0.25) is 11.8 Å². The SMILES string of the molecule is CCCN(CCC)c1nc(CN)cc(OCCc2ccccn2)n1. The summed E-state index contributed by atoms with van der Waals surface area (Å²) in [6, 6.07) is 7.69. The summed E-state index contributed by atoms with van der Waals surface area (Å²) in [6.07, 6.45) is 4.63. The quantitative estimate of drug-likeness (QED) is 0.722. The lowest BCUT2D eigenvalue weighted by Gasteiger charge is -2.22. The van der Waals surface area contributed by atoms with Crippen LogP contribution >= 0.6 is 0 Å². The van der Waals surface area contributed by atoms with E-state index in [9.17, 15) is 0 Å². The molecule has 0 aromatic carbocycles. The van der Waals surface area contributed by atoms with Crippen molar-refractivity contribution < 1.29 is 4.74 Å². The molecular formula is C18H27N5O. The molecule has 2 heterocycles. The third-order valence-corrected chi connectivity index (χ3v) is 3.56. The lowest BCUT2D eigenvalue weighted by Crippen LogP contribution is -2.27. The molecule has 2 aromatic heterocycles. The van der Waals surface area contributed by atoms with Gasteiger partial charge in [0.1, 0.15) is 0 Å². The molecule has 6 heteroatoms. The monoisotopic (exact) mass is 329 g/mol. The lowest BCUT2D eigenvalue weighted by molar-refractivity contribution is 0.307. The van der Waals surface area contributed by atoms with Gasteiger partial charge >= 0.3 is 0 Å². The maximum atomic E-state index is 5.83. The molecule has 0 radical (unpaired) electrons. The lowest BCUT2D eigenvalue weighted by atomic mass is 10.3. The highest BCUT2D eigenvalue weighted by Crippen LogP contribution is 2.17. The maximum Gasteiger partial charge on any atom is 0.228 e. The fourth-order valence-corrected chi connectivity index (χ4v) is 2.44. The Balaban J connectivity index is 2.06. The third-order valence-electron chi connectivity index (χ3n) is 3.56. The van der Waals surface area contributed by atoms with E-state index < -0.39 is 0 Å². The second-order valence-corrected chi connectivity index (χ2v) is 5.61. The van der Waals surface area contributed by atoms with Gasteiger partial charge in [-0.25, -0.2) is 4.98 Å². The number of pyridine rings is 1. The molecule has 2 rings (SSSR count). The van der Waals surface area contributed by atoms with E-state index in [4.69, 9.17) is 10.5 Å². The number of hydrogen-bond donors (Lipinski definition) is 1. The van der Waals surface area contributed by atoms with E-state index in [0.29, 0.717) is 25.0 Å². The molecule has 2 N–H and O–H groups in total. The molecule has 0 spiro atoms. The Morgan fingerprint density at radius 2 is 1.88 bits per heavy atom. The van der Waals surface area contributed by atoms with Crippen molar-refractivity contribution in [3.05, 3.63) is 41.9 Å². The smallest absolute Gasteiger partial charge is 0.228 e. The number of hydrogen-bond acceptors (Lipinski definition) is 6. The molecule has 0 bridgehead atoms. The zero-order valence-corrected chi connectivity index (χ0v) is 14.6. The van der Waals surface area contributed by atoms with E-state index in [-0.39, 0.29) is 0 Å². The highest BCUT2D eigenvalue weighted by Gasteiger charge is 2.11. The van der Waals surface area contributed by atoms with Gasteiger partial charge in [-0.05, 0) is 25.0 Å². The highest BCUT2D eigenvalue weighted by molar-refractivity contribution is 5.34. The number of nitrogens with zero attached hydrogens (tertiary/aromatic N) is 4. The Hall–Kier alpha value is -2.21. The van der Waals surface area contributed by atoms with Gasteiger partial charge in [-0.1, -0.05) is 19.9 Å². The van der Waals surface area contributed by atoms with E-state index in [0.717, 1.165) is 43.7 Å². The number of anilines is 1. The van der Waals surface area contributed by atoms with Crippen LogP contribution in [0.2, 0.25) is 0 Å². The summed E-state index contributed by atoms with van der Waals surface area (Å²) in [4.78, 5) is 15.6. The first-order valence-corrected chi connectivity index (χ1v) is 8.62. The van der Waals surface area contributed by atoms with Crippen LogP contribution in [0, 0.1) is 0 Å². The summed E-state index contributed by atoms with van der Waals surface area (Å²) >= 11 is 0. The molecule has 0 unspecified atom stereocenters. The number of nitrogens with two attached hydrogens (primary N) is 1. The fourth-order valence-electron chi connectivity index (χ4n) is 2.44. The zero-order chi connectivity index (χ0) is 17.2. The van der Waals surface area contributed by atoms with Gasteiger partial charge < -0.3 is 15.4 Å². The second-order valence-electron chi connectivity index (χ2n) is 5.61. The van der Waals surface area contributed by atoms with Gasteiger partial charge in [-0.3, -0.25) is 4.98 Å². The van der Waals surface area contributed by atoms with Crippen molar-refractivity contribution >= 4 is 5.95 Å². The second kappa shape index (κ2) is 9.82. The average Bonchev–Trinajstić information content (AvgIpc) is 2.62. The third kappa shape index (κ3) is 5.45. The summed E-state index contributed by atoms with van der Waals surface area (Å²) < 4.78 is 5.83. The molecule has 6 nitrogen and oxygen atoms in total. The molecule has 2 aromatic rings. The van der Waals surface area contributed by atoms with E-state index >= 15 is 0 Å². The van der Waals surface area contributed by atoms with Crippen molar-refractivity contribution in [1.82, 2.24) is 15.0 Å². The molecule has 24 heavy (non-hydrogen) atoms. The van der Waals surface area contributed by atoms with E-state index in [1.54, 1.807) is 6.20 Å². The average molecular weight is 329 g/mol. The Morgan fingerprint density at radius 3 is 2.50 bits per heavy atom. The molecule has 0 atom stereocenters. The van der Waals surface area contributed by atoms with Crippen LogP contribution in [0.1, 0.15) is 38.1 Å². The number of ether oxygens (including phenoxy) is 1. The zero-order valence-electron chi connectivity index (χ0n) is 14.6. The molecule has 0 amide bonds. The Labute approximate surface area is 144 Å². The predicted octanol–water partition coefficient (Wildman–Crippen LogP) is 2.58. The van der Waals surface area contributed by atoms with Crippen LogP contribution in [0.3, 0.4) is 0 Å². The topological polar surface area (TPSA) is 77.2 Å². The van der Waals surface area contributed by atoms with Crippen molar-refractivity contribution in [3.63, 3.8) is 0 Å². The molecule has 0 aliphatic rings. The van der Waals surface area contributed by atoms with Crippen LogP contribution in [-0.4, -0.2) is 34.6 Å². The van der Waals surface area contributed by atoms with Crippen molar-refractivity contribution in [1.29, 1.82) is 0 Å². The first-order valence-electron chi connectivity index (χ1n) is 8.62. The van der Waals surface area contributed by atoms with Crippen molar-refractivity contribution in [2.45, 2.75) is 39.7 Å².